The monoisotopic (exact) mass is 502 g/mol. The van der Waals surface area contributed by atoms with E-state index in [4.69, 9.17) is 4.74 Å². The first kappa shape index (κ1) is 30.4. The summed E-state index contributed by atoms with van der Waals surface area (Å²) in [5.41, 5.74) is 1.54. The van der Waals surface area contributed by atoms with Gasteiger partial charge in [0.15, 0.2) is 0 Å². The number of nitriles is 1. The fourth-order valence-corrected chi connectivity index (χ4v) is 3.40. The summed E-state index contributed by atoms with van der Waals surface area (Å²) >= 11 is 0. The van der Waals surface area contributed by atoms with E-state index in [9.17, 15) is 24.4 Å². The molecule has 3 atom stereocenters. The van der Waals surface area contributed by atoms with Gasteiger partial charge < -0.3 is 25.0 Å². The van der Waals surface area contributed by atoms with Gasteiger partial charge >= 0.3 is 12.1 Å². The quantitative estimate of drug-likeness (QED) is 0.371. The third-order valence-electron chi connectivity index (χ3n) is 5.72. The van der Waals surface area contributed by atoms with Crippen molar-refractivity contribution in [3.05, 3.63) is 34.9 Å². The molecule has 0 aliphatic carbocycles. The first-order chi connectivity index (χ1) is 16.7. The number of amides is 3. The number of aryl methyl sites for hydroxylation is 2. The molecular formula is C26H38N4O6. The van der Waals surface area contributed by atoms with Crippen molar-refractivity contribution in [2.24, 2.45) is 5.92 Å². The molecule has 0 radical (unpaired) electrons. The standard InChI is InChI=1S/C26H38N4O6/c1-9-16(2)21(29-25(34)36-26(5,6)7)24(33)30(13-12-27)22(23(32)28-15-20(31)35-8)19-11-10-17(3)18(4)14-19/h10-11,14,16,21-22H,9,13,15H2,1-8H3,(H,28,32)(H,29,34). The summed E-state index contributed by atoms with van der Waals surface area (Å²) in [6.07, 6.45) is -0.244. The minimum absolute atomic E-state index is 0.329. The fourth-order valence-electron chi connectivity index (χ4n) is 3.40. The molecule has 0 saturated heterocycles. The Morgan fingerprint density at radius 3 is 2.28 bits per heavy atom. The van der Waals surface area contributed by atoms with Gasteiger partial charge in [0.1, 0.15) is 30.8 Å². The van der Waals surface area contributed by atoms with Crippen LogP contribution >= 0.6 is 0 Å². The highest BCUT2D eigenvalue weighted by Crippen LogP contribution is 2.26. The maximum atomic E-state index is 13.8. The van der Waals surface area contributed by atoms with Crippen LogP contribution in [0.25, 0.3) is 0 Å². The van der Waals surface area contributed by atoms with Crippen LogP contribution in [0.15, 0.2) is 18.2 Å². The maximum Gasteiger partial charge on any atom is 0.408 e. The highest BCUT2D eigenvalue weighted by molar-refractivity contribution is 5.93. The zero-order valence-corrected chi connectivity index (χ0v) is 22.4. The molecule has 1 aromatic carbocycles. The Labute approximate surface area is 213 Å². The molecule has 0 aliphatic rings. The number of benzene rings is 1. The maximum absolute atomic E-state index is 13.8. The second-order valence-electron chi connectivity index (χ2n) is 9.67. The zero-order chi connectivity index (χ0) is 27.6. The molecule has 198 valence electrons. The molecule has 0 heterocycles. The van der Waals surface area contributed by atoms with E-state index in [0.29, 0.717) is 12.0 Å². The van der Waals surface area contributed by atoms with Crippen LogP contribution in [0.3, 0.4) is 0 Å². The van der Waals surface area contributed by atoms with Gasteiger partial charge in [0, 0.05) is 0 Å². The Morgan fingerprint density at radius 2 is 1.78 bits per heavy atom. The topological polar surface area (TPSA) is 138 Å². The van der Waals surface area contributed by atoms with Gasteiger partial charge in [-0.2, -0.15) is 5.26 Å². The van der Waals surface area contributed by atoms with Crippen molar-refractivity contribution < 1.29 is 28.7 Å². The van der Waals surface area contributed by atoms with Crippen molar-refractivity contribution in [2.75, 3.05) is 20.2 Å². The van der Waals surface area contributed by atoms with Crippen LogP contribution in [0.5, 0.6) is 0 Å². The van der Waals surface area contributed by atoms with E-state index in [1.165, 1.54) is 7.11 Å². The van der Waals surface area contributed by atoms with Gasteiger partial charge in [0.05, 0.1) is 13.2 Å². The summed E-state index contributed by atoms with van der Waals surface area (Å²) < 4.78 is 9.93. The van der Waals surface area contributed by atoms with Crippen molar-refractivity contribution in [1.82, 2.24) is 15.5 Å². The summed E-state index contributed by atoms with van der Waals surface area (Å²) in [5, 5.41) is 14.7. The van der Waals surface area contributed by atoms with E-state index in [1.54, 1.807) is 39.8 Å². The van der Waals surface area contributed by atoms with Crippen molar-refractivity contribution in [3.8, 4) is 6.07 Å². The van der Waals surface area contributed by atoms with Gasteiger partial charge in [0.2, 0.25) is 11.8 Å². The van der Waals surface area contributed by atoms with Crippen molar-refractivity contribution >= 4 is 23.9 Å². The van der Waals surface area contributed by atoms with E-state index < -0.39 is 54.7 Å². The van der Waals surface area contributed by atoms with E-state index in [2.05, 4.69) is 15.4 Å². The number of hydrogen-bond donors (Lipinski definition) is 2. The molecule has 3 unspecified atom stereocenters. The lowest BCUT2D eigenvalue weighted by Gasteiger charge is -2.34. The predicted molar refractivity (Wildman–Crippen MR) is 134 cm³/mol. The smallest absolute Gasteiger partial charge is 0.408 e. The first-order valence-electron chi connectivity index (χ1n) is 11.8. The van der Waals surface area contributed by atoms with Crippen molar-refractivity contribution in [3.63, 3.8) is 0 Å². The average molecular weight is 503 g/mol. The Hall–Kier alpha value is -3.61. The van der Waals surface area contributed by atoms with Crippen LogP contribution in [-0.4, -0.2) is 60.6 Å². The highest BCUT2D eigenvalue weighted by atomic mass is 16.6. The number of alkyl carbamates (subject to hydrolysis) is 1. The molecule has 2 N–H and O–H groups in total. The Balaban J connectivity index is 3.51. The molecule has 0 fully saturated rings. The molecule has 10 heteroatoms. The van der Waals surface area contributed by atoms with Gasteiger partial charge in [-0.1, -0.05) is 38.5 Å². The van der Waals surface area contributed by atoms with E-state index in [0.717, 1.165) is 16.0 Å². The highest BCUT2D eigenvalue weighted by Gasteiger charge is 2.38. The van der Waals surface area contributed by atoms with Gasteiger partial charge in [-0.25, -0.2) is 4.79 Å². The molecule has 3 amide bonds. The third-order valence-corrected chi connectivity index (χ3v) is 5.72. The zero-order valence-electron chi connectivity index (χ0n) is 22.4. The van der Waals surface area contributed by atoms with Crippen LogP contribution in [-0.2, 0) is 23.9 Å². The van der Waals surface area contributed by atoms with Crippen molar-refractivity contribution in [1.29, 1.82) is 5.26 Å². The number of methoxy groups -OCH3 is 1. The van der Waals surface area contributed by atoms with Gasteiger partial charge in [0.25, 0.3) is 0 Å². The summed E-state index contributed by atoms with van der Waals surface area (Å²) in [4.78, 5) is 52.5. The molecule has 0 aromatic heterocycles. The van der Waals surface area contributed by atoms with Crippen LogP contribution < -0.4 is 10.6 Å². The number of nitrogens with one attached hydrogen (secondary N) is 2. The molecule has 0 bridgehead atoms. The lowest BCUT2D eigenvalue weighted by atomic mass is 9.95. The largest absolute Gasteiger partial charge is 0.468 e. The van der Waals surface area contributed by atoms with Gasteiger partial charge in [-0.15, -0.1) is 0 Å². The Kier molecular flexibility index (Phi) is 11.4. The second kappa shape index (κ2) is 13.5. The number of esters is 1. The molecule has 0 saturated carbocycles. The molecule has 0 spiro atoms. The molecule has 36 heavy (non-hydrogen) atoms. The SMILES string of the molecule is CCC(C)C(NC(=O)OC(C)(C)C)C(=O)N(CC#N)C(C(=O)NCC(=O)OC)c1ccc(C)c(C)c1. The van der Waals surface area contributed by atoms with Crippen LogP contribution in [0.4, 0.5) is 4.79 Å². The van der Waals surface area contributed by atoms with Crippen LogP contribution in [0, 0.1) is 31.1 Å². The molecule has 10 nitrogen and oxygen atoms in total. The molecular weight excluding hydrogens is 464 g/mol. The minimum atomic E-state index is -1.23. The average Bonchev–Trinajstić information content (AvgIpc) is 2.80. The summed E-state index contributed by atoms with van der Waals surface area (Å²) in [5.74, 6) is -2.27. The predicted octanol–water partition coefficient (Wildman–Crippen LogP) is 2.93. The summed E-state index contributed by atoms with van der Waals surface area (Å²) in [6, 6.07) is 4.93. The summed E-state index contributed by atoms with van der Waals surface area (Å²) in [7, 11) is 1.19. The third kappa shape index (κ3) is 8.87. The number of ether oxygens (including phenoxy) is 2. The first-order valence-corrected chi connectivity index (χ1v) is 11.8. The number of carbonyl (C=O) groups excluding carboxylic acids is 4. The van der Waals surface area contributed by atoms with Crippen LogP contribution in [0.1, 0.15) is 63.8 Å². The Bertz CT molecular complexity index is 995. The molecule has 0 aliphatic heterocycles. The van der Waals surface area contributed by atoms with Crippen LogP contribution in [0.2, 0.25) is 0 Å². The van der Waals surface area contributed by atoms with Crippen molar-refractivity contribution in [2.45, 2.75) is 72.6 Å². The lowest BCUT2D eigenvalue weighted by molar-refractivity contribution is -0.144. The minimum Gasteiger partial charge on any atom is -0.468 e. The normalized spacial score (nSPS) is 13.4. The van der Waals surface area contributed by atoms with E-state index in [1.807, 2.05) is 32.9 Å². The van der Waals surface area contributed by atoms with Gasteiger partial charge in [-0.05, 0) is 57.2 Å². The van der Waals surface area contributed by atoms with E-state index >= 15 is 0 Å². The molecule has 1 rings (SSSR count). The lowest BCUT2D eigenvalue weighted by Crippen LogP contribution is -2.55. The fraction of sp³-hybridized carbons (Fsp3) is 0.577. The van der Waals surface area contributed by atoms with Gasteiger partial charge in [-0.3, -0.25) is 14.4 Å². The number of nitrogens with zero attached hydrogens (tertiary/aromatic N) is 2. The number of carbonyl (C=O) groups is 4. The Morgan fingerprint density at radius 1 is 1.14 bits per heavy atom. The summed E-state index contributed by atoms with van der Waals surface area (Å²) in [6.45, 7) is 11.7. The number of rotatable bonds is 10. The second-order valence-corrected chi connectivity index (χ2v) is 9.67. The molecule has 1 aromatic rings. The number of hydrogen-bond acceptors (Lipinski definition) is 7. The van der Waals surface area contributed by atoms with E-state index in [-0.39, 0.29) is 5.92 Å².